The molecular formula is C25H27NO4S. The van der Waals surface area contributed by atoms with Gasteiger partial charge in [0.2, 0.25) is 0 Å². The fourth-order valence-electron chi connectivity index (χ4n) is 2.95. The molecule has 162 valence electrons. The minimum absolute atomic E-state index is 0.209. The Bertz CT molecular complexity index is 961. The molecule has 0 aliphatic carbocycles. The van der Waals surface area contributed by atoms with E-state index in [0.29, 0.717) is 18.9 Å². The number of thioether (sulfide) groups is 1. The highest BCUT2D eigenvalue weighted by Crippen LogP contribution is 2.27. The molecule has 0 aromatic heterocycles. The van der Waals surface area contributed by atoms with Crippen LogP contribution in [0.25, 0.3) is 0 Å². The SMILES string of the molecule is Nc1cc(C(=O)O)ccc1SCCc1ccc(OCCCCOc2ccccc2)cc1. The van der Waals surface area contributed by atoms with Gasteiger partial charge in [0, 0.05) is 16.3 Å². The highest BCUT2D eigenvalue weighted by Gasteiger charge is 2.07. The number of aryl methyl sites for hydroxylation is 1. The van der Waals surface area contributed by atoms with Crippen LogP contribution in [0.3, 0.4) is 0 Å². The zero-order valence-electron chi connectivity index (χ0n) is 17.3. The van der Waals surface area contributed by atoms with Crippen LogP contribution >= 0.6 is 11.8 Å². The molecular weight excluding hydrogens is 410 g/mol. The lowest BCUT2D eigenvalue weighted by molar-refractivity contribution is 0.0697. The maximum Gasteiger partial charge on any atom is 0.335 e. The lowest BCUT2D eigenvalue weighted by Crippen LogP contribution is -2.02. The molecule has 31 heavy (non-hydrogen) atoms. The first-order valence-corrected chi connectivity index (χ1v) is 11.3. The number of unbranched alkanes of at least 4 members (excludes halogenated alkanes) is 1. The molecule has 3 aromatic rings. The standard InChI is InChI=1S/C25H27NO4S/c26-23-18-20(25(27)28)10-13-24(23)31-17-14-19-8-11-22(12-9-19)30-16-5-4-15-29-21-6-2-1-3-7-21/h1-3,6-13,18H,4-5,14-17,26H2,(H,27,28). The number of ether oxygens (including phenoxy) is 2. The van der Waals surface area contributed by atoms with Crippen LogP contribution in [0.5, 0.6) is 11.5 Å². The second-order valence-corrected chi connectivity index (χ2v) is 8.15. The number of carbonyl (C=O) groups is 1. The Balaban J connectivity index is 1.32. The number of nitrogens with two attached hydrogens (primary N) is 1. The Kier molecular flexibility index (Phi) is 8.67. The van der Waals surface area contributed by atoms with Gasteiger partial charge in [-0.1, -0.05) is 30.3 Å². The topological polar surface area (TPSA) is 81.8 Å². The summed E-state index contributed by atoms with van der Waals surface area (Å²) in [6.07, 6.45) is 2.77. The molecule has 0 fully saturated rings. The molecule has 0 bridgehead atoms. The van der Waals surface area contributed by atoms with Gasteiger partial charge in [-0.05, 0) is 67.3 Å². The first-order chi connectivity index (χ1) is 15.1. The summed E-state index contributed by atoms with van der Waals surface area (Å²) in [5.41, 5.74) is 7.89. The molecule has 0 saturated carbocycles. The van der Waals surface area contributed by atoms with Crippen LogP contribution in [0, 0.1) is 0 Å². The van der Waals surface area contributed by atoms with Gasteiger partial charge < -0.3 is 20.3 Å². The first-order valence-electron chi connectivity index (χ1n) is 10.3. The van der Waals surface area contributed by atoms with E-state index in [1.807, 2.05) is 42.5 Å². The average molecular weight is 438 g/mol. The molecule has 0 aliphatic heterocycles. The molecule has 3 aromatic carbocycles. The smallest absolute Gasteiger partial charge is 0.335 e. The normalized spacial score (nSPS) is 10.6. The highest BCUT2D eigenvalue weighted by molar-refractivity contribution is 7.99. The lowest BCUT2D eigenvalue weighted by Gasteiger charge is -2.09. The molecule has 0 aliphatic rings. The van der Waals surface area contributed by atoms with Crippen LogP contribution in [-0.4, -0.2) is 30.0 Å². The number of carboxylic acid groups (broad SMARTS) is 1. The van der Waals surface area contributed by atoms with E-state index < -0.39 is 5.97 Å². The third-order valence-corrected chi connectivity index (χ3v) is 5.74. The molecule has 5 nitrogen and oxygen atoms in total. The average Bonchev–Trinajstić information content (AvgIpc) is 2.78. The van der Waals surface area contributed by atoms with Crippen LogP contribution in [-0.2, 0) is 6.42 Å². The van der Waals surface area contributed by atoms with E-state index in [0.717, 1.165) is 41.4 Å². The third-order valence-electron chi connectivity index (χ3n) is 4.65. The van der Waals surface area contributed by atoms with Crippen molar-refractivity contribution >= 4 is 23.4 Å². The zero-order valence-corrected chi connectivity index (χ0v) is 18.1. The molecule has 6 heteroatoms. The van der Waals surface area contributed by atoms with E-state index in [1.54, 1.807) is 23.9 Å². The van der Waals surface area contributed by atoms with Gasteiger partial charge >= 0.3 is 5.97 Å². The Morgan fingerprint density at radius 2 is 1.52 bits per heavy atom. The van der Waals surface area contributed by atoms with Crippen molar-refractivity contribution in [1.82, 2.24) is 0 Å². The zero-order chi connectivity index (χ0) is 21.9. The summed E-state index contributed by atoms with van der Waals surface area (Å²) in [5.74, 6) is 1.66. The molecule has 0 amide bonds. The van der Waals surface area contributed by atoms with E-state index in [2.05, 4.69) is 12.1 Å². The quantitative estimate of drug-likeness (QED) is 0.220. The van der Waals surface area contributed by atoms with Gasteiger partial charge in [-0.3, -0.25) is 0 Å². The van der Waals surface area contributed by atoms with Gasteiger partial charge in [-0.2, -0.15) is 0 Å². The number of para-hydroxylation sites is 1. The molecule has 3 rings (SSSR count). The summed E-state index contributed by atoms with van der Waals surface area (Å²) in [4.78, 5) is 11.9. The minimum Gasteiger partial charge on any atom is -0.494 e. The summed E-state index contributed by atoms with van der Waals surface area (Å²) in [6, 6.07) is 22.8. The molecule has 0 radical (unpaired) electrons. The summed E-state index contributed by atoms with van der Waals surface area (Å²) in [6.45, 7) is 1.35. The Labute approximate surface area is 187 Å². The maximum absolute atomic E-state index is 11.0. The number of anilines is 1. The predicted molar refractivity (Wildman–Crippen MR) is 125 cm³/mol. The van der Waals surface area contributed by atoms with Crippen LogP contribution in [0.1, 0.15) is 28.8 Å². The summed E-state index contributed by atoms with van der Waals surface area (Å²) in [5, 5.41) is 9.00. The molecule has 0 saturated heterocycles. The minimum atomic E-state index is -0.967. The van der Waals surface area contributed by atoms with Crippen molar-refractivity contribution in [3.63, 3.8) is 0 Å². The Hall–Kier alpha value is -3.12. The van der Waals surface area contributed by atoms with Crippen molar-refractivity contribution in [3.05, 3.63) is 83.9 Å². The van der Waals surface area contributed by atoms with E-state index in [1.165, 1.54) is 11.6 Å². The summed E-state index contributed by atoms with van der Waals surface area (Å²) in [7, 11) is 0. The van der Waals surface area contributed by atoms with E-state index in [4.69, 9.17) is 20.3 Å². The van der Waals surface area contributed by atoms with Crippen molar-refractivity contribution in [1.29, 1.82) is 0 Å². The van der Waals surface area contributed by atoms with Gasteiger partial charge in [0.05, 0.1) is 18.8 Å². The Morgan fingerprint density at radius 1 is 0.871 bits per heavy atom. The number of nitrogen functional groups attached to an aromatic ring is 1. The number of rotatable bonds is 12. The largest absolute Gasteiger partial charge is 0.494 e. The molecule has 0 atom stereocenters. The van der Waals surface area contributed by atoms with Crippen LogP contribution in [0.2, 0.25) is 0 Å². The van der Waals surface area contributed by atoms with Gasteiger partial charge in [-0.15, -0.1) is 11.8 Å². The lowest BCUT2D eigenvalue weighted by atomic mass is 10.2. The van der Waals surface area contributed by atoms with E-state index in [9.17, 15) is 4.79 Å². The van der Waals surface area contributed by atoms with Gasteiger partial charge in [0.15, 0.2) is 0 Å². The maximum atomic E-state index is 11.0. The highest BCUT2D eigenvalue weighted by atomic mass is 32.2. The second-order valence-electron chi connectivity index (χ2n) is 7.02. The third kappa shape index (κ3) is 7.57. The fraction of sp³-hybridized carbons (Fsp3) is 0.240. The van der Waals surface area contributed by atoms with Gasteiger partial charge in [0.1, 0.15) is 11.5 Å². The number of hydrogen-bond donors (Lipinski definition) is 2. The number of hydrogen-bond acceptors (Lipinski definition) is 5. The number of carboxylic acids is 1. The first kappa shape index (κ1) is 22.6. The fourth-order valence-corrected chi connectivity index (χ4v) is 3.89. The van der Waals surface area contributed by atoms with Crippen molar-refractivity contribution in [2.75, 3.05) is 24.7 Å². The second kappa shape index (κ2) is 11.9. The predicted octanol–water partition coefficient (Wildman–Crippen LogP) is 5.54. The van der Waals surface area contributed by atoms with Crippen molar-refractivity contribution in [2.45, 2.75) is 24.2 Å². The summed E-state index contributed by atoms with van der Waals surface area (Å²) >= 11 is 1.63. The van der Waals surface area contributed by atoms with E-state index >= 15 is 0 Å². The van der Waals surface area contributed by atoms with Crippen LogP contribution < -0.4 is 15.2 Å². The van der Waals surface area contributed by atoms with Crippen molar-refractivity contribution in [2.24, 2.45) is 0 Å². The van der Waals surface area contributed by atoms with E-state index in [-0.39, 0.29) is 5.56 Å². The molecule has 3 N–H and O–H groups in total. The van der Waals surface area contributed by atoms with Crippen molar-refractivity contribution in [3.8, 4) is 11.5 Å². The molecule has 0 heterocycles. The van der Waals surface area contributed by atoms with Crippen LogP contribution in [0.4, 0.5) is 5.69 Å². The number of benzene rings is 3. The monoisotopic (exact) mass is 437 g/mol. The van der Waals surface area contributed by atoms with Gasteiger partial charge in [0.25, 0.3) is 0 Å². The van der Waals surface area contributed by atoms with Gasteiger partial charge in [-0.25, -0.2) is 4.79 Å². The van der Waals surface area contributed by atoms with Crippen molar-refractivity contribution < 1.29 is 19.4 Å². The Morgan fingerprint density at radius 3 is 2.13 bits per heavy atom. The van der Waals surface area contributed by atoms with Crippen LogP contribution in [0.15, 0.2) is 77.7 Å². The molecule has 0 spiro atoms. The summed E-state index contributed by atoms with van der Waals surface area (Å²) < 4.78 is 11.5. The molecule has 0 unspecified atom stereocenters. The number of aromatic carboxylic acids is 1.